The first kappa shape index (κ1) is 13.2. The van der Waals surface area contributed by atoms with E-state index in [4.69, 9.17) is 10.2 Å². The van der Waals surface area contributed by atoms with E-state index in [0.717, 1.165) is 10.9 Å². The van der Waals surface area contributed by atoms with Crippen LogP contribution in [0.2, 0.25) is 0 Å². The van der Waals surface area contributed by atoms with Gasteiger partial charge >= 0.3 is 0 Å². The molecule has 0 fully saturated rings. The van der Waals surface area contributed by atoms with Crippen molar-refractivity contribution in [2.45, 2.75) is 11.4 Å². The fourth-order valence-electron chi connectivity index (χ4n) is 1.16. The Morgan fingerprint density at radius 1 is 1.25 bits per heavy atom. The van der Waals surface area contributed by atoms with Gasteiger partial charge in [0.1, 0.15) is 0 Å². The highest BCUT2D eigenvalue weighted by atomic mass is 79.9. The van der Waals surface area contributed by atoms with Crippen LogP contribution in [0, 0.1) is 0 Å². The molecule has 0 unspecified atom stereocenters. The van der Waals surface area contributed by atoms with Crippen molar-refractivity contribution in [2.75, 3.05) is 13.2 Å². The molecule has 16 heavy (non-hydrogen) atoms. The molecule has 0 saturated heterocycles. The van der Waals surface area contributed by atoms with E-state index in [1.807, 2.05) is 12.1 Å². The largest absolute Gasteiger partial charge is 0.394 e. The number of benzene rings is 1. The van der Waals surface area contributed by atoms with Crippen LogP contribution in [0.15, 0.2) is 24.3 Å². The van der Waals surface area contributed by atoms with Crippen molar-refractivity contribution in [3.8, 4) is 0 Å². The van der Waals surface area contributed by atoms with Crippen LogP contribution in [0.5, 0.6) is 0 Å². The molecule has 5 heteroatoms. The van der Waals surface area contributed by atoms with Crippen molar-refractivity contribution < 1.29 is 15.0 Å². The minimum absolute atomic E-state index is 0.276. The molecule has 0 aromatic heterocycles. The zero-order valence-corrected chi connectivity index (χ0v) is 10.3. The summed E-state index contributed by atoms with van der Waals surface area (Å²) in [4.78, 5) is 11.6. The summed E-state index contributed by atoms with van der Waals surface area (Å²) in [6.45, 7) is -0.552. The van der Waals surface area contributed by atoms with Gasteiger partial charge in [-0.1, -0.05) is 28.1 Å². The van der Waals surface area contributed by atoms with Crippen LogP contribution in [0.1, 0.15) is 15.9 Å². The molecule has 0 aliphatic carbocycles. The van der Waals surface area contributed by atoms with E-state index in [1.165, 1.54) is 0 Å². The highest BCUT2D eigenvalue weighted by molar-refractivity contribution is 9.08. The molecule has 3 N–H and O–H groups in total. The van der Waals surface area contributed by atoms with E-state index in [2.05, 4.69) is 21.2 Å². The first-order valence-electron chi connectivity index (χ1n) is 4.88. The number of aliphatic hydroxyl groups excluding tert-OH is 2. The Balaban J connectivity index is 2.65. The monoisotopic (exact) mass is 287 g/mol. The Morgan fingerprint density at radius 3 is 2.25 bits per heavy atom. The third kappa shape index (κ3) is 3.59. The van der Waals surface area contributed by atoms with E-state index in [-0.39, 0.29) is 19.1 Å². The van der Waals surface area contributed by atoms with Crippen LogP contribution >= 0.6 is 15.9 Å². The molecule has 1 aromatic carbocycles. The topological polar surface area (TPSA) is 69.6 Å². The summed E-state index contributed by atoms with van der Waals surface area (Å²) in [6.07, 6.45) is 0. The number of halogens is 1. The number of carbonyl (C=O) groups excluding carboxylic acids is 1. The molecular formula is C11H14BrNO3. The molecule has 1 rings (SSSR count). The highest BCUT2D eigenvalue weighted by Crippen LogP contribution is 2.07. The average molecular weight is 288 g/mol. The molecule has 88 valence electrons. The Morgan fingerprint density at radius 2 is 1.81 bits per heavy atom. The molecule has 0 bridgehead atoms. The molecule has 0 radical (unpaired) electrons. The van der Waals surface area contributed by atoms with Crippen molar-refractivity contribution >= 4 is 21.8 Å². The van der Waals surface area contributed by atoms with Gasteiger partial charge in [-0.25, -0.2) is 0 Å². The number of alkyl halides is 1. The van der Waals surface area contributed by atoms with Gasteiger partial charge in [-0.05, 0) is 17.7 Å². The van der Waals surface area contributed by atoms with Crippen molar-refractivity contribution in [3.05, 3.63) is 35.4 Å². The maximum absolute atomic E-state index is 11.6. The number of hydrogen-bond acceptors (Lipinski definition) is 3. The zero-order valence-electron chi connectivity index (χ0n) is 8.69. The van der Waals surface area contributed by atoms with E-state index in [9.17, 15) is 4.79 Å². The van der Waals surface area contributed by atoms with Crippen molar-refractivity contribution in [1.29, 1.82) is 0 Å². The highest BCUT2D eigenvalue weighted by Gasteiger charge is 2.11. The molecular weight excluding hydrogens is 274 g/mol. The first-order valence-corrected chi connectivity index (χ1v) is 6.01. The van der Waals surface area contributed by atoms with Crippen LogP contribution in [0.25, 0.3) is 0 Å². The summed E-state index contributed by atoms with van der Waals surface area (Å²) in [6, 6.07) is 6.49. The van der Waals surface area contributed by atoms with E-state index in [1.54, 1.807) is 12.1 Å². The number of nitrogens with one attached hydrogen (secondary N) is 1. The van der Waals surface area contributed by atoms with Gasteiger partial charge in [0.2, 0.25) is 0 Å². The summed E-state index contributed by atoms with van der Waals surface area (Å²) in [5, 5.41) is 20.9. The number of aliphatic hydroxyl groups is 2. The zero-order chi connectivity index (χ0) is 12.0. The molecule has 0 spiro atoms. The van der Waals surface area contributed by atoms with Crippen molar-refractivity contribution in [3.63, 3.8) is 0 Å². The fraction of sp³-hybridized carbons (Fsp3) is 0.364. The Kier molecular flexibility index (Phi) is 5.45. The van der Waals surface area contributed by atoms with Gasteiger partial charge in [0.25, 0.3) is 5.91 Å². The lowest BCUT2D eigenvalue weighted by Crippen LogP contribution is -2.40. The average Bonchev–Trinajstić information content (AvgIpc) is 2.35. The smallest absolute Gasteiger partial charge is 0.251 e. The van der Waals surface area contributed by atoms with Gasteiger partial charge in [-0.15, -0.1) is 0 Å². The van der Waals surface area contributed by atoms with Crippen molar-refractivity contribution in [2.24, 2.45) is 0 Å². The third-order valence-electron chi connectivity index (χ3n) is 2.15. The summed E-state index contributed by atoms with van der Waals surface area (Å²) in [7, 11) is 0. The van der Waals surface area contributed by atoms with Gasteiger partial charge in [0.15, 0.2) is 0 Å². The second-order valence-corrected chi connectivity index (χ2v) is 3.93. The molecule has 0 heterocycles. The first-order chi connectivity index (χ1) is 7.71. The van der Waals surface area contributed by atoms with Gasteiger partial charge in [-0.3, -0.25) is 4.79 Å². The lowest BCUT2D eigenvalue weighted by Gasteiger charge is -2.13. The molecule has 0 aliphatic heterocycles. The Hall–Kier alpha value is -0.910. The van der Waals surface area contributed by atoms with Crippen LogP contribution < -0.4 is 5.32 Å². The molecule has 0 aliphatic rings. The van der Waals surface area contributed by atoms with Gasteiger partial charge in [0.05, 0.1) is 19.3 Å². The third-order valence-corrected chi connectivity index (χ3v) is 2.79. The Labute approximate surface area is 102 Å². The number of amides is 1. The maximum atomic E-state index is 11.6. The standard InChI is InChI=1S/C11H14BrNO3/c12-5-8-1-3-9(4-2-8)11(16)13-10(6-14)7-15/h1-4,10,14-15H,5-7H2,(H,13,16). The number of rotatable bonds is 5. The molecule has 0 saturated carbocycles. The van der Waals surface area contributed by atoms with Crippen LogP contribution in [-0.4, -0.2) is 35.4 Å². The van der Waals surface area contributed by atoms with Gasteiger partial charge in [-0.2, -0.15) is 0 Å². The van der Waals surface area contributed by atoms with Crippen LogP contribution in [0.3, 0.4) is 0 Å². The second-order valence-electron chi connectivity index (χ2n) is 3.37. The lowest BCUT2D eigenvalue weighted by molar-refractivity contribution is 0.0879. The quantitative estimate of drug-likeness (QED) is 0.697. The summed E-state index contributed by atoms with van der Waals surface area (Å²) in [5.74, 6) is -0.297. The summed E-state index contributed by atoms with van der Waals surface area (Å²) in [5.41, 5.74) is 1.59. The summed E-state index contributed by atoms with van der Waals surface area (Å²) >= 11 is 3.32. The minimum atomic E-state index is -0.608. The molecule has 1 amide bonds. The van der Waals surface area contributed by atoms with E-state index >= 15 is 0 Å². The van der Waals surface area contributed by atoms with Crippen LogP contribution in [0.4, 0.5) is 0 Å². The molecule has 0 atom stereocenters. The molecule has 1 aromatic rings. The Bertz CT molecular complexity index is 336. The van der Waals surface area contributed by atoms with Crippen LogP contribution in [-0.2, 0) is 5.33 Å². The van der Waals surface area contributed by atoms with Gasteiger partial charge < -0.3 is 15.5 Å². The van der Waals surface area contributed by atoms with E-state index in [0.29, 0.717) is 5.56 Å². The van der Waals surface area contributed by atoms with Crippen molar-refractivity contribution in [1.82, 2.24) is 5.32 Å². The minimum Gasteiger partial charge on any atom is -0.394 e. The summed E-state index contributed by atoms with van der Waals surface area (Å²) < 4.78 is 0. The molecule has 4 nitrogen and oxygen atoms in total. The predicted molar refractivity (Wildman–Crippen MR) is 64.5 cm³/mol. The second kappa shape index (κ2) is 6.62. The van der Waals surface area contributed by atoms with Gasteiger partial charge in [0, 0.05) is 10.9 Å². The van der Waals surface area contributed by atoms with E-state index < -0.39 is 6.04 Å². The maximum Gasteiger partial charge on any atom is 0.251 e. The fourth-order valence-corrected chi connectivity index (χ4v) is 1.54. The lowest BCUT2D eigenvalue weighted by atomic mass is 10.1. The number of hydrogen-bond donors (Lipinski definition) is 3. The normalized spacial score (nSPS) is 10.5. The SMILES string of the molecule is O=C(NC(CO)CO)c1ccc(CBr)cc1. The number of carbonyl (C=O) groups is 1. The predicted octanol–water partition coefficient (Wildman–Crippen LogP) is 0.664.